The van der Waals surface area contributed by atoms with E-state index >= 15 is 0 Å². The lowest BCUT2D eigenvalue weighted by Crippen LogP contribution is -2.55. The number of fused-ring (bicyclic) bond motifs is 1. The molecule has 1 aromatic carbocycles. The first-order valence-electron chi connectivity index (χ1n) is 9.54. The standard InChI is InChI=1S/C20H26N2O6/c1-12(21-15(19(24)25)8-7-13-5-3-2-4-6-13)18(23)22-16(20(26)27)9-14-10-28-11-17(14)22/h2-6,12,14-17,21H,7-11H2,1H3,(H,24,25)(H,26,27)/t12-,14?,15?,16-,17?/m0/s1. The lowest BCUT2D eigenvalue weighted by Gasteiger charge is -2.31. The SMILES string of the molecule is C[C@H](NC(CCc1ccccc1)C(=O)O)C(=O)N1C2COCC2C[C@H]1C(=O)O. The zero-order valence-corrected chi connectivity index (χ0v) is 15.8. The van der Waals surface area contributed by atoms with E-state index in [0.717, 1.165) is 5.56 Å². The molecule has 1 aromatic rings. The van der Waals surface area contributed by atoms with Gasteiger partial charge in [0.15, 0.2) is 0 Å². The van der Waals surface area contributed by atoms with Gasteiger partial charge in [0.05, 0.1) is 25.3 Å². The third-order valence-corrected chi connectivity index (χ3v) is 5.61. The molecule has 8 heteroatoms. The Labute approximate surface area is 163 Å². The van der Waals surface area contributed by atoms with Gasteiger partial charge in [0.1, 0.15) is 12.1 Å². The molecule has 2 aliphatic heterocycles. The van der Waals surface area contributed by atoms with Crippen LogP contribution in [-0.4, -0.2) is 70.3 Å². The number of hydrogen-bond donors (Lipinski definition) is 3. The highest BCUT2D eigenvalue weighted by atomic mass is 16.5. The highest BCUT2D eigenvalue weighted by Gasteiger charge is 2.50. The number of aliphatic carboxylic acids is 2. The lowest BCUT2D eigenvalue weighted by molar-refractivity contribution is -0.151. The summed E-state index contributed by atoms with van der Waals surface area (Å²) in [6.45, 7) is 2.36. The van der Waals surface area contributed by atoms with Crippen molar-refractivity contribution in [3.63, 3.8) is 0 Å². The van der Waals surface area contributed by atoms with Crippen molar-refractivity contribution in [1.82, 2.24) is 10.2 Å². The first kappa shape index (κ1) is 20.3. The second-order valence-electron chi connectivity index (χ2n) is 7.50. The van der Waals surface area contributed by atoms with Gasteiger partial charge in [0, 0.05) is 5.92 Å². The Bertz CT molecular complexity index is 725. The summed E-state index contributed by atoms with van der Waals surface area (Å²) in [6.07, 6.45) is 1.26. The number of hydrogen-bond acceptors (Lipinski definition) is 5. The van der Waals surface area contributed by atoms with E-state index in [1.165, 1.54) is 4.90 Å². The zero-order valence-electron chi connectivity index (χ0n) is 15.8. The molecule has 8 nitrogen and oxygen atoms in total. The van der Waals surface area contributed by atoms with Crippen molar-refractivity contribution in [2.24, 2.45) is 5.92 Å². The number of nitrogens with zero attached hydrogens (tertiary/aromatic N) is 1. The van der Waals surface area contributed by atoms with Crippen LogP contribution >= 0.6 is 0 Å². The van der Waals surface area contributed by atoms with Crippen molar-refractivity contribution >= 4 is 17.8 Å². The number of rotatable bonds is 8. The summed E-state index contributed by atoms with van der Waals surface area (Å²) in [7, 11) is 0. The van der Waals surface area contributed by atoms with E-state index in [2.05, 4.69) is 5.32 Å². The maximum absolute atomic E-state index is 13.0. The number of ether oxygens (including phenoxy) is 1. The predicted octanol–water partition coefficient (Wildman–Crippen LogP) is 0.751. The lowest BCUT2D eigenvalue weighted by atomic mass is 10.0. The summed E-state index contributed by atoms with van der Waals surface area (Å²) in [5.41, 5.74) is 1.02. The number of benzene rings is 1. The van der Waals surface area contributed by atoms with Gasteiger partial charge in [-0.25, -0.2) is 4.79 Å². The van der Waals surface area contributed by atoms with Crippen LogP contribution in [0.15, 0.2) is 30.3 Å². The third kappa shape index (κ3) is 4.34. The average Bonchev–Trinajstić information content (AvgIpc) is 3.26. The number of carbonyl (C=O) groups is 3. The number of carboxylic acid groups (broad SMARTS) is 2. The summed E-state index contributed by atoms with van der Waals surface area (Å²) >= 11 is 0. The highest BCUT2D eigenvalue weighted by Crippen LogP contribution is 2.35. The van der Waals surface area contributed by atoms with Crippen molar-refractivity contribution in [3.05, 3.63) is 35.9 Å². The third-order valence-electron chi connectivity index (χ3n) is 5.61. The van der Waals surface area contributed by atoms with Crippen LogP contribution in [0.2, 0.25) is 0 Å². The Balaban J connectivity index is 1.65. The van der Waals surface area contributed by atoms with Gasteiger partial charge in [0.25, 0.3) is 0 Å². The minimum absolute atomic E-state index is 0.0191. The Morgan fingerprint density at radius 3 is 2.57 bits per heavy atom. The molecule has 3 unspecified atom stereocenters. The molecule has 0 radical (unpaired) electrons. The fourth-order valence-electron chi connectivity index (χ4n) is 4.12. The number of likely N-dealkylation sites (tertiary alicyclic amines) is 1. The second-order valence-corrected chi connectivity index (χ2v) is 7.50. The van der Waals surface area contributed by atoms with Crippen molar-refractivity contribution in [1.29, 1.82) is 0 Å². The normalized spacial score (nSPS) is 25.9. The van der Waals surface area contributed by atoms with Crippen LogP contribution in [0.5, 0.6) is 0 Å². The molecular formula is C20H26N2O6. The Morgan fingerprint density at radius 2 is 1.93 bits per heavy atom. The van der Waals surface area contributed by atoms with E-state index in [9.17, 15) is 24.6 Å². The van der Waals surface area contributed by atoms with Crippen molar-refractivity contribution in [2.75, 3.05) is 13.2 Å². The van der Waals surface area contributed by atoms with Gasteiger partial charge in [-0.3, -0.25) is 14.9 Å². The van der Waals surface area contributed by atoms with E-state index in [0.29, 0.717) is 32.5 Å². The monoisotopic (exact) mass is 390 g/mol. The number of carboxylic acids is 2. The summed E-state index contributed by atoms with van der Waals surface area (Å²) in [6, 6.07) is 6.68. The summed E-state index contributed by atoms with van der Waals surface area (Å²) in [5.74, 6) is -2.44. The van der Waals surface area contributed by atoms with Crippen LogP contribution in [0.25, 0.3) is 0 Å². The molecule has 2 aliphatic rings. The largest absolute Gasteiger partial charge is 0.480 e. The van der Waals surface area contributed by atoms with Crippen LogP contribution in [0.4, 0.5) is 0 Å². The van der Waals surface area contributed by atoms with E-state index < -0.39 is 36.0 Å². The van der Waals surface area contributed by atoms with Crippen molar-refractivity contribution in [2.45, 2.75) is 50.4 Å². The highest BCUT2D eigenvalue weighted by molar-refractivity contribution is 5.88. The molecule has 2 saturated heterocycles. The van der Waals surface area contributed by atoms with Gasteiger partial charge >= 0.3 is 11.9 Å². The molecule has 2 fully saturated rings. The molecule has 0 saturated carbocycles. The number of nitrogens with one attached hydrogen (secondary N) is 1. The molecule has 0 spiro atoms. The van der Waals surface area contributed by atoms with E-state index in [4.69, 9.17) is 4.74 Å². The zero-order chi connectivity index (χ0) is 20.3. The van der Waals surface area contributed by atoms with Crippen LogP contribution in [0.3, 0.4) is 0 Å². The molecule has 1 amide bonds. The Hall–Kier alpha value is -2.45. The number of aryl methyl sites for hydroxylation is 1. The summed E-state index contributed by atoms with van der Waals surface area (Å²) in [5, 5.41) is 21.9. The molecule has 28 heavy (non-hydrogen) atoms. The minimum atomic E-state index is -1.03. The average molecular weight is 390 g/mol. The maximum atomic E-state index is 13.0. The number of amides is 1. The van der Waals surface area contributed by atoms with E-state index in [-0.39, 0.29) is 12.0 Å². The molecule has 0 aliphatic carbocycles. The van der Waals surface area contributed by atoms with E-state index in [1.807, 2.05) is 30.3 Å². The molecule has 152 valence electrons. The first-order valence-corrected chi connectivity index (χ1v) is 9.54. The predicted molar refractivity (Wildman–Crippen MR) is 99.8 cm³/mol. The molecule has 3 rings (SSSR count). The molecule has 2 heterocycles. The van der Waals surface area contributed by atoms with Gasteiger partial charge in [0.2, 0.25) is 5.91 Å². The van der Waals surface area contributed by atoms with Crippen molar-refractivity contribution < 1.29 is 29.3 Å². The Morgan fingerprint density at radius 1 is 1.21 bits per heavy atom. The van der Waals surface area contributed by atoms with Crippen LogP contribution in [0, 0.1) is 5.92 Å². The summed E-state index contributed by atoms with van der Waals surface area (Å²) < 4.78 is 5.41. The van der Waals surface area contributed by atoms with Crippen LogP contribution in [0.1, 0.15) is 25.3 Å². The van der Waals surface area contributed by atoms with Gasteiger partial charge in [-0.15, -0.1) is 0 Å². The number of carbonyl (C=O) groups excluding carboxylic acids is 1. The summed E-state index contributed by atoms with van der Waals surface area (Å²) in [4.78, 5) is 37.6. The Kier molecular flexibility index (Phi) is 6.31. The van der Waals surface area contributed by atoms with E-state index in [1.54, 1.807) is 6.92 Å². The first-order chi connectivity index (χ1) is 13.4. The van der Waals surface area contributed by atoms with Crippen LogP contribution < -0.4 is 5.32 Å². The minimum Gasteiger partial charge on any atom is -0.480 e. The van der Waals surface area contributed by atoms with Gasteiger partial charge < -0.3 is 19.8 Å². The molecule has 3 N–H and O–H groups in total. The molecule has 0 bridgehead atoms. The maximum Gasteiger partial charge on any atom is 0.326 e. The van der Waals surface area contributed by atoms with Crippen LogP contribution in [-0.2, 0) is 25.5 Å². The van der Waals surface area contributed by atoms with Gasteiger partial charge in [-0.1, -0.05) is 30.3 Å². The quantitative estimate of drug-likeness (QED) is 0.600. The molecular weight excluding hydrogens is 364 g/mol. The second kappa shape index (κ2) is 8.70. The fraction of sp³-hybridized carbons (Fsp3) is 0.550. The fourth-order valence-corrected chi connectivity index (χ4v) is 4.12. The molecule has 0 aromatic heterocycles. The van der Waals surface area contributed by atoms with Gasteiger partial charge in [-0.05, 0) is 31.7 Å². The smallest absolute Gasteiger partial charge is 0.326 e. The van der Waals surface area contributed by atoms with Gasteiger partial charge in [-0.2, -0.15) is 0 Å². The van der Waals surface area contributed by atoms with Crippen molar-refractivity contribution in [3.8, 4) is 0 Å². The molecule has 5 atom stereocenters. The topological polar surface area (TPSA) is 116 Å².